The summed E-state index contributed by atoms with van der Waals surface area (Å²) in [4.78, 5) is 15.7. The maximum atomic E-state index is 12.5. The van der Waals surface area contributed by atoms with E-state index in [2.05, 4.69) is 10.3 Å². The van der Waals surface area contributed by atoms with Crippen molar-refractivity contribution in [3.05, 3.63) is 53.4 Å². The Labute approximate surface area is 158 Å². The second-order valence-corrected chi connectivity index (χ2v) is 9.11. The van der Waals surface area contributed by atoms with Gasteiger partial charge in [0.15, 0.2) is 11.7 Å². The van der Waals surface area contributed by atoms with Crippen LogP contribution >= 0.6 is 22.7 Å². The van der Waals surface area contributed by atoms with Gasteiger partial charge in [-0.15, -0.1) is 22.7 Å². The number of carbonyl (C=O) groups excluding carboxylic acids is 1. The Balaban J connectivity index is 1.60. The minimum absolute atomic E-state index is 0.164. The number of sulfonamides is 1. The molecule has 0 bridgehead atoms. The molecule has 0 saturated carbocycles. The van der Waals surface area contributed by atoms with Gasteiger partial charge in [-0.2, -0.15) is 0 Å². The number of anilines is 2. The monoisotopic (exact) mass is 409 g/mol. The summed E-state index contributed by atoms with van der Waals surface area (Å²) >= 11 is 2.48. The van der Waals surface area contributed by atoms with Gasteiger partial charge in [-0.25, -0.2) is 13.4 Å². The summed E-state index contributed by atoms with van der Waals surface area (Å²) in [6.45, 7) is -0.164. The summed E-state index contributed by atoms with van der Waals surface area (Å²) < 4.78 is 31.9. The standard InChI is InChI=1S/C16H15N3O4S3/c1-19(26(21,22)15-3-2-9-24-15)12-4-6-13(7-5-12)23-11-14(20)18-16-17-8-10-25-16/h2-10H,11H2,1H3,(H,17,18,20). The fraction of sp³-hybridized carbons (Fsp3) is 0.125. The molecule has 0 aliphatic carbocycles. The van der Waals surface area contributed by atoms with Crippen molar-refractivity contribution in [1.29, 1.82) is 0 Å². The molecule has 3 rings (SSSR count). The number of thiazole rings is 1. The van der Waals surface area contributed by atoms with Gasteiger partial charge < -0.3 is 4.74 Å². The number of hydrogen-bond acceptors (Lipinski definition) is 7. The van der Waals surface area contributed by atoms with Crippen molar-refractivity contribution < 1.29 is 17.9 Å². The number of benzene rings is 1. The van der Waals surface area contributed by atoms with Gasteiger partial charge in [0, 0.05) is 18.6 Å². The van der Waals surface area contributed by atoms with Gasteiger partial charge in [-0.05, 0) is 35.7 Å². The first-order valence-corrected chi connectivity index (χ1v) is 10.6. The topological polar surface area (TPSA) is 88.6 Å². The Morgan fingerprint density at radius 1 is 1.19 bits per heavy atom. The average Bonchev–Trinajstić information content (AvgIpc) is 3.34. The molecule has 26 heavy (non-hydrogen) atoms. The number of aromatic nitrogens is 1. The summed E-state index contributed by atoms with van der Waals surface area (Å²) in [7, 11) is -2.08. The van der Waals surface area contributed by atoms with Crippen molar-refractivity contribution in [2.45, 2.75) is 4.21 Å². The lowest BCUT2D eigenvalue weighted by atomic mass is 10.3. The smallest absolute Gasteiger partial charge is 0.273 e. The Bertz CT molecular complexity index is 953. The fourth-order valence-electron chi connectivity index (χ4n) is 2.03. The minimum atomic E-state index is -3.58. The second-order valence-electron chi connectivity index (χ2n) is 5.07. The molecule has 0 saturated heterocycles. The van der Waals surface area contributed by atoms with E-state index in [4.69, 9.17) is 4.74 Å². The van der Waals surface area contributed by atoms with E-state index in [0.717, 1.165) is 0 Å². The van der Waals surface area contributed by atoms with Crippen LogP contribution in [0.3, 0.4) is 0 Å². The molecule has 1 aromatic carbocycles. The molecule has 1 amide bonds. The zero-order chi connectivity index (χ0) is 18.6. The number of ether oxygens (including phenoxy) is 1. The van der Waals surface area contributed by atoms with Gasteiger partial charge in [0.2, 0.25) is 0 Å². The molecule has 2 heterocycles. The summed E-state index contributed by atoms with van der Waals surface area (Å²) in [5.41, 5.74) is 0.498. The number of thiophene rings is 1. The summed E-state index contributed by atoms with van der Waals surface area (Å²) in [5.74, 6) is 0.145. The third-order valence-corrected chi connectivity index (χ3v) is 7.21. The lowest BCUT2D eigenvalue weighted by Crippen LogP contribution is -2.25. The molecule has 2 aromatic heterocycles. The van der Waals surface area contributed by atoms with Crippen LogP contribution in [0.4, 0.5) is 10.8 Å². The van der Waals surface area contributed by atoms with E-state index in [-0.39, 0.29) is 16.7 Å². The Morgan fingerprint density at radius 2 is 1.96 bits per heavy atom. The Kier molecular flexibility index (Phi) is 5.55. The van der Waals surface area contributed by atoms with Crippen molar-refractivity contribution in [1.82, 2.24) is 4.98 Å². The highest BCUT2D eigenvalue weighted by molar-refractivity contribution is 7.94. The largest absolute Gasteiger partial charge is 0.484 e. The molecule has 3 aromatic rings. The van der Waals surface area contributed by atoms with E-state index in [9.17, 15) is 13.2 Å². The van der Waals surface area contributed by atoms with Crippen molar-refractivity contribution in [2.24, 2.45) is 0 Å². The molecule has 0 spiro atoms. The van der Waals surface area contributed by atoms with Crippen LogP contribution in [0, 0.1) is 0 Å². The molecular formula is C16H15N3O4S3. The predicted octanol–water partition coefficient (Wildman–Crippen LogP) is 3.05. The highest BCUT2D eigenvalue weighted by atomic mass is 32.2. The van der Waals surface area contributed by atoms with Crippen LogP contribution in [0.1, 0.15) is 0 Å². The minimum Gasteiger partial charge on any atom is -0.484 e. The molecule has 1 N–H and O–H groups in total. The molecule has 7 nitrogen and oxygen atoms in total. The Hall–Kier alpha value is -2.43. The van der Waals surface area contributed by atoms with Crippen molar-refractivity contribution >= 4 is 49.4 Å². The first-order valence-electron chi connectivity index (χ1n) is 7.41. The van der Waals surface area contributed by atoms with Crippen LogP contribution < -0.4 is 14.4 Å². The molecule has 0 aliphatic rings. The first-order chi connectivity index (χ1) is 12.5. The first kappa shape index (κ1) is 18.4. The van der Waals surface area contributed by atoms with Crippen LogP contribution in [0.25, 0.3) is 0 Å². The van der Waals surface area contributed by atoms with E-state index in [1.54, 1.807) is 53.4 Å². The van der Waals surface area contributed by atoms with Crippen molar-refractivity contribution in [2.75, 3.05) is 23.3 Å². The van der Waals surface area contributed by atoms with Crippen LogP contribution in [0.2, 0.25) is 0 Å². The number of amides is 1. The van der Waals surface area contributed by atoms with E-state index in [1.165, 1.54) is 34.0 Å². The molecule has 0 atom stereocenters. The van der Waals surface area contributed by atoms with Gasteiger partial charge in [-0.3, -0.25) is 14.4 Å². The molecule has 0 unspecified atom stereocenters. The summed E-state index contributed by atoms with van der Waals surface area (Å²) in [6, 6.07) is 9.74. The summed E-state index contributed by atoms with van der Waals surface area (Å²) in [6.07, 6.45) is 1.60. The number of hydrogen-bond donors (Lipinski definition) is 1. The van der Waals surface area contributed by atoms with Gasteiger partial charge in [0.05, 0.1) is 5.69 Å². The van der Waals surface area contributed by atoms with E-state index in [0.29, 0.717) is 16.6 Å². The quantitative estimate of drug-likeness (QED) is 0.648. The van der Waals surface area contributed by atoms with Crippen LogP contribution in [0.15, 0.2) is 57.6 Å². The molecule has 0 aliphatic heterocycles. The lowest BCUT2D eigenvalue weighted by molar-refractivity contribution is -0.118. The highest BCUT2D eigenvalue weighted by Crippen LogP contribution is 2.26. The molecule has 10 heteroatoms. The van der Waals surface area contributed by atoms with Gasteiger partial charge in [0.1, 0.15) is 9.96 Å². The van der Waals surface area contributed by atoms with Crippen molar-refractivity contribution in [3.8, 4) is 5.75 Å². The van der Waals surface area contributed by atoms with Gasteiger partial charge in [0.25, 0.3) is 15.9 Å². The maximum Gasteiger partial charge on any atom is 0.273 e. The number of nitrogens with one attached hydrogen (secondary N) is 1. The van der Waals surface area contributed by atoms with Gasteiger partial charge in [-0.1, -0.05) is 6.07 Å². The van der Waals surface area contributed by atoms with Crippen molar-refractivity contribution in [3.63, 3.8) is 0 Å². The zero-order valence-corrected chi connectivity index (χ0v) is 16.1. The summed E-state index contributed by atoms with van der Waals surface area (Å²) in [5, 5.41) is 6.60. The second kappa shape index (κ2) is 7.85. The highest BCUT2D eigenvalue weighted by Gasteiger charge is 2.22. The van der Waals surface area contributed by atoms with Crippen LogP contribution in [-0.2, 0) is 14.8 Å². The fourth-order valence-corrected chi connectivity index (χ4v) is 4.93. The molecule has 136 valence electrons. The lowest BCUT2D eigenvalue weighted by Gasteiger charge is -2.18. The third-order valence-electron chi connectivity index (χ3n) is 3.36. The SMILES string of the molecule is CN(c1ccc(OCC(=O)Nc2nccs2)cc1)S(=O)(=O)c1cccs1. The number of rotatable bonds is 7. The maximum absolute atomic E-state index is 12.5. The molecule has 0 fully saturated rings. The van der Waals surface area contributed by atoms with Crippen LogP contribution in [-0.4, -0.2) is 33.0 Å². The normalized spacial score (nSPS) is 11.1. The molecular weight excluding hydrogens is 394 g/mol. The Morgan fingerprint density at radius 3 is 2.58 bits per heavy atom. The van der Waals surface area contributed by atoms with E-state index >= 15 is 0 Å². The number of nitrogens with zero attached hydrogens (tertiary/aromatic N) is 2. The molecule has 0 radical (unpaired) electrons. The predicted molar refractivity (Wildman–Crippen MR) is 103 cm³/mol. The zero-order valence-electron chi connectivity index (χ0n) is 13.7. The van der Waals surface area contributed by atoms with E-state index in [1.807, 2.05) is 0 Å². The van der Waals surface area contributed by atoms with Gasteiger partial charge >= 0.3 is 0 Å². The number of carbonyl (C=O) groups is 1. The third kappa shape index (κ3) is 4.21. The average molecular weight is 410 g/mol. The van der Waals surface area contributed by atoms with Crippen LogP contribution in [0.5, 0.6) is 5.75 Å². The van der Waals surface area contributed by atoms with E-state index < -0.39 is 10.0 Å².